The topological polar surface area (TPSA) is 73.4 Å². The van der Waals surface area contributed by atoms with Crippen LogP contribution < -0.4 is 19.1 Å². The summed E-state index contributed by atoms with van der Waals surface area (Å²) in [4.78, 5) is 22.1. The minimum atomic E-state index is -0.144. The second kappa shape index (κ2) is 10.8. The molecule has 0 unspecified atom stereocenters. The highest BCUT2D eigenvalue weighted by atomic mass is 32.1. The predicted octanol–water partition coefficient (Wildman–Crippen LogP) is 3.37. The lowest BCUT2D eigenvalue weighted by atomic mass is 10.2. The zero-order valence-corrected chi connectivity index (χ0v) is 20.0. The number of hydrogen-bond donors (Lipinski definition) is 0. The maximum Gasteiger partial charge on any atom is 0.266 e. The highest BCUT2D eigenvalue weighted by Gasteiger charge is 2.23. The number of aryl methyl sites for hydroxylation is 1. The highest BCUT2D eigenvalue weighted by molar-refractivity contribution is 7.22. The fourth-order valence-corrected chi connectivity index (χ4v) is 4.76. The molecule has 2 aromatic carbocycles. The summed E-state index contributed by atoms with van der Waals surface area (Å²) in [5, 5.41) is 0.647. The molecule has 2 heterocycles. The van der Waals surface area contributed by atoms with Crippen molar-refractivity contribution >= 4 is 32.6 Å². The Morgan fingerprint density at radius 3 is 2.52 bits per heavy atom. The maximum atomic E-state index is 13.3. The summed E-state index contributed by atoms with van der Waals surface area (Å²) in [7, 11) is 3.24. The molecule has 176 valence electrons. The van der Waals surface area contributed by atoms with Crippen molar-refractivity contribution in [3.05, 3.63) is 42.0 Å². The van der Waals surface area contributed by atoms with Crippen molar-refractivity contribution in [1.29, 1.82) is 0 Å². The quantitative estimate of drug-likeness (QED) is 0.474. The van der Waals surface area contributed by atoms with Crippen molar-refractivity contribution < 1.29 is 23.7 Å². The Hall–Kier alpha value is -2.88. The largest absolute Gasteiger partial charge is 0.497 e. The van der Waals surface area contributed by atoms with E-state index in [1.54, 1.807) is 43.4 Å². The third kappa shape index (κ3) is 5.55. The van der Waals surface area contributed by atoms with Crippen molar-refractivity contribution in [1.82, 2.24) is 9.88 Å². The van der Waals surface area contributed by atoms with E-state index in [0.717, 1.165) is 41.2 Å². The molecule has 0 spiro atoms. The van der Waals surface area contributed by atoms with Crippen LogP contribution in [0.25, 0.3) is 10.2 Å². The molecule has 1 aliphatic rings. The summed E-state index contributed by atoms with van der Waals surface area (Å²) >= 11 is 1.50. The number of ether oxygens (including phenoxy) is 4. The third-order valence-corrected chi connectivity index (χ3v) is 6.82. The van der Waals surface area contributed by atoms with Gasteiger partial charge in [-0.15, -0.1) is 0 Å². The molecule has 0 saturated carbocycles. The van der Waals surface area contributed by atoms with Gasteiger partial charge in [0.1, 0.15) is 22.8 Å². The summed E-state index contributed by atoms with van der Waals surface area (Å²) in [5.74, 6) is 1.90. The molecule has 3 aromatic rings. The highest BCUT2D eigenvalue weighted by Crippen LogP contribution is 2.36. The van der Waals surface area contributed by atoms with Crippen LogP contribution in [0.1, 0.15) is 5.56 Å². The smallest absolute Gasteiger partial charge is 0.266 e. The molecule has 1 saturated heterocycles. The van der Waals surface area contributed by atoms with Crippen LogP contribution in [0.15, 0.2) is 36.4 Å². The van der Waals surface area contributed by atoms with Gasteiger partial charge in [-0.3, -0.25) is 14.6 Å². The Morgan fingerprint density at radius 2 is 1.82 bits per heavy atom. The molecule has 1 amide bonds. The van der Waals surface area contributed by atoms with E-state index >= 15 is 0 Å². The molecular formula is C24H29N3O5S. The van der Waals surface area contributed by atoms with Crippen molar-refractivity contribution in [3.8, 4) is 17.2 Å². The molecular weight excluding hydrogens is 442 g/mol. The van der Waals surface area contributed by atoms with Gasteiger partial charge in [0.2, 0.25) is 0 Å². The van der Waals surface area contributed by atoms with E-state index in [1.807, 2.05) is 19.1 Å². The van der Waals surface area contributed by atoms with Crippen LogP contribution in [-0.2, 0) is 9.53 Å². The average molecular weight is 472 g/mol. The zero-order chi connectivity index (χ0) is 23.2. The van der Waals surface area contributed by atoms with E-state index in [9.17, 15) is 4.79 Å². The summed E-state index contributed by atoms with van der Waals surface area (Å²) < 4.78 is 22.9. The minimum Gasteiger partial charge on any atom is -0.497 e. The van der Waals surface area contributed by atoms with Gasteiger partial charge in [-0.25, -0.2) is 4.98 Å². The summed E-state index contributed by atoms with van der Waals surface area (Å²) in [5.41, 5.74) is 1.88. The van der Waals surface area contributed by atoms with E-state index in [1.165, 1.54) is 11.3 Å². The third-order valence-electron chi connectivity index (χ3n) is 5.61. The number of fused-ring (bicyclic) bond motifs is 1. The number of thiazole rings is 1. The van der Waals surface area contributed by atoms with Gasteiger partial charge in [-0.05, 0) is 42.8 Å². The lowest BCUT2D eigenvalue weighted by molar-refractivity contribution is -0.120. The molecule has 33 heavy (non-hydrogen) atoms. The number of amides is 1. The molecule has 0 atom stereocenters. The Bertz CT molecular complexity index is 1080. The first kappa shape index (κ1) is 23.3. The van der Waals surface area contributed by atoms with Gasteiger partial charge < -0.3 is 18.9 Å². The number of methoxy groups -OCH3 is 2. The number of nitrogens with zero attached hydrogens (tertiary/aromatic N) is 3. The van der Waals surface area contributed by atoms with Crippen LogP contribution in [0, 0.1) is 6.92 Å². The summed E-state index contributed by atoms with van der Waals surface area (Å²) in [6.45, 7) is 6.36. The van der Waals surface area contributed by atoms with Gasteiger partial charge in [0.15, 0.2) is 11.7 Å². The van der Waals surface area contributed by atoms with E-state index in [4.69, 9.17) is 23.9 Å². The SMILES string of the molecule is COc1ccc(OCC(=O)N(CCN2CCOCC2)c2nc3c(OC)ccc(C)c3s2)cc1. The first-order valence-corrected chi connectivity index (χ1v) is 11.7. The normalized spacial score (nSPS) is 14.3. The van der Waals surface area contributed by atoms with E-state index < -0.39 is 0 Å². The minimum absolute atomic E-state index is 0.0819. The van der Waals surface area contributed by atoms with E-state index in [-0.39, 0.29) is 12.5 Å². The number of benzene rings is 2. The number of morpholine rings is 1. The van der Waals surface area contributed by atoms with Gasteiger partial charge in [0, 0.05) is 26.2 Å². The van der Waals surface area contributed by atoms with Crippen molar-refractivity contribution in [3.63, 3.8) is 0 Å². The molecule has 0 bridgehead atoms. The Morgan fingerprint density at radius 1 is 1.09 bits per heavy atom. The molecule has 1 aromatic heterocycles. The van der Waals surface area contributed by atoms with Crippen LogP contribution >= 0.6 is 11.3 Å². The summed E-state index contributed by atoms with van der Waals surface area (Å²) in [6.07, 6.45) is 0. The number of aromatic nitrogens is 1. The molecule has 1 fully saturated rings. The summed E-state index contributed by atoms with van der Waals surface area (Å²) in [6, 6.07) is 11.1. The predicted molar refractivity (Wildman–Crippen MR) is 129 cm³/mol. The average Bonchev–Trinajstić information content (AvgIpc) is 3.30. The van der Waals surface area contributed by atoms with E-state index in [2.05, 4.69) is 4.90 Å². The first-order valence-electron chi connectivity index (χ1n) is 10.9. The maximum absolute atomic E-state index is 13.3. The van der Waals surface area contributed by atoms with Gasteiger partial charge in [-0.1, -0.05) is 17.4 Å². The second-order valence-electron chi connectivity index (χ2n) is 7.72. The van der Waals surface area contributed by atoms with Gasteiger partial charge >= 0.3 is 0 Å². The Balaban J connectivity index is 1.54. The monoisotopic (exact) mass is 471 g/mol. The molecule has 0 N–H and O–H groups in total. The lowest BCUT2D eigenvalue weighted by Crippen LogP contribution is -2.44. The molecule has 0 aliphatic carbocycles. The lowest BCUT2D eigenvalue weighted by Gasteiger charge is -2.29. The first-order chi connectivity index (χ1) is 16.1. The number of carbonyl (C=O) groups excluding carboxylic acids is 1. The fourth-order valence-electron chi connectivity index (χ4n) is 3.67. The van der Waals surface area contributed by atoms with Crippen molar-refractivity contribution in [2.75, 3.05) is 65.1 Å². The standard InChI is InChI=1S/C24H29N3O5S/c1-17-4-9-20(30-3)22-23(17)33-24(25-22)27(11-10-26-12-14-31-15-13-26)21(28)16-32-19-7-5-18(29-2)6-8-19/h4-9H,10-16H2,1-3H3. The number of carbonyl (C=O) groups is 1. The molecule has 4 rings (SSSR count). The molecule has 1 aliphatic heterocycles. The van der Waals surface area contributed by atoms with Gasteiger partial charge in [0.05, 0.1) is 32.1 Å². The Kier molecular flexibility index (Phi) is 7.64. The molecule has 9 heteroatoms. The van der Waals surface area contributed by atoms with Crippen LogP contribution in [0.3, 0.4) is 0 Å². The van der Waals surface area contributed by atoms with Crippen LogP contribution in [0.2, 0.25) is 0 Å². The molecule has 0 radical (unpaired) electrons. The molecule has 8 nitrogen and oxygen atoms in total. The van der Waals surface area contributed by atoms with Crippen molar-refractivity contribution in [2.45, 2.75) is 6.92 Å². The van der Waals surface area contributed by atoms with Gasteiger partial charge in [0.25, 0.3) is 5.91 Å². The van der Waals surface area contributed by atoms with Gasteiger partial charge in [-0.2, -0.15) is 0 Å². The Labute approximate surface area is 197 Å². The zero-order valence-electron chi connectivity index (χ0n) is 19.2. The van der Waals surface area contributed by atoms with Crippen LogP contribution in [0.5, 0.6) is 17.2 Å². The fraction of sp³-hybridized carbons (Fsp3) is 0.417. The van der Waals surface area contributed by atoms with Crippen LogP contribution in [-0.4, -0.2) is 76.0 Å². The van der Waals surface area contributed by atoms with Crippen molar-refractivity contribution in [2.24, 2.45) is 0 Å². The second-order valence-corrected chi connectivity index (χ2v) is 8.70. The number of anilines is 1. The van der Waals surface area contributed by atoms with E-state index in [0.29, 0.717) is 36.4 Å². The number of hydrogen-bond acceptors (Lipinski definition) is 8. The van der Waals surface area contributed by atoms with Crippen LogP contribution in [0.4, 0.5) is 5.13 Å². The number of rotatable bonds is 9.